The van der Waals surface area contributed by atoms with E-state index in [4.69, 9.17) is 11.6 Å². The SMILES string of the molecule is O=C(CN1CCN(Cc2ccc(F)cc2)CC1)Nc1cccnc1Cl. The van der Waals surface area contributed by atoms with Crippen molar-refractivity contribution in [3.63, 3.8) is 0 Å². The second kappa shape index (κ2) is 8.38. The van der Waals surface area contributed by atoms with E-state index in [1.54, 1.807) is 18.3 Å². The minimum Gasteiger partial charge on any atom is -0.322 e. The molecule has 2 aromatic rings. The summed E-state index contributed by atoms with van der Waals surface area (Å²) in [4.78, 5) is 20.5. The van der Waals surface area contributed by atoms with Gasteiger partial charge in [0.2, 0.25) is 5.91 Å². The lowest BCUT2D eigenvalue weighted by atomic mass is 10.2. The summed E-state index contributed by atoms with van der Waals surface area (Å²) < 4.78 is 12.9. The van der Waals surface area contributed by atoms with Crippen LogP contribution in [0.2, 0.25) is 5.15 Å². The first kappa shape index (κ1) is 17.8. The standard InChI is InChI=1S/C18H20ClFN4O/c19-18-16(2-1-7-21-18)22-17(25)13-24-10-8-23(9-11-24)12-14-3-5-15(20)6-4-14/h1-7H,8-13H2,(H,22,25). The lowest BCUT2D eigenvalue weighted by Gasteiger charge is -2.34. The van der Waals surface area contributed by atoms with Crippen LogP contribution >= 0.6 is 11.6 Å². The number of piperazine rings is 1. The number of pyridine rings is 1. The van der Waals surface area contributed by atoms with E-state index >= 15 is 0 Å². The molecule has 0 atom stereocenters. The van der Waals surface area contributed by atoms with Crippen LogP contribution in [0.4, 0.5) is 10.1 Å². The number of carbonyl (C=O) groups is 1. The minimum absolute atomic E-state index is 0.0955. The van der Waals surface area contributed by atoms with E-state index in [1.807, 2.05) is 12.1 Å². The number of hydrogen-bond donors (Lipinski definition) is 1. The van der Waals surface area contributed by atoms with E-state index in [9.17, 15) is 9.18 Å². The van der Waals surface area contributed by atoms with Crippen LogP contribution in [0.5, 0.6) is 0 Å². The van der Waals surface area contributed by atoms with Crippen LogP contribution in [0, 0.1) is 5.82 Å². The summed E-state index contributed by atoms with van der Waals surface area (Å²) >= 11 is 5.95. The predicted molar refractivity (Wildman–Crippen MR) is 96.0 cm³/mol. The Morgan fingerprint density at radius 3 is 2.48 bits per heavy atom. The number of carbonyl (C=O) groups excluding carboxylic acids is 1. The molecule has 0 unspecified atom stereocenters. The number of benzene rings is 1. The van der Waals surface area contributed by atoms with Gasteiger partial charge in [0.05, 0.1) is 12.2 Å². The number of halogens is 2. The fourth-order valence-electron chi connectivity index (χ4n) is 2.83. The fourth-order valence-corrected chi connectivity index (χ4v) is 2.99. The van der Waals surface area contributed by atoms with Gasteiger partial charge in [0.25, 0.3) is 0 Å². The molecule has 5 nitrogen and oxygen atoms in total. The molecule has 1 fully saturated rings. The van der Waals surface area contributed by atoms with Crippen molar-refractivity contribution in [2.75, 3.05) is 38.0 Å². The van der Waals surface area contributed by atoms with Gasteiger partial charge in [-0.1, -0.05) is 23.7 Å². The molecule has 0 bridgehead atoms. The van der Waals surface area contributed by atoms with Crippen LogP contribution in [0.1, 0.15) is 5.56 Å². The fraction of sp³-hybridized carbons (Fsp3) is 0.333. The number of hydrogen-bond acceptors (Lipinski definition) is 4. The average molecular weight is 363 g/mol. The number of amides is 1. The summed E-state index contributed by atoms with van der Waals surface area (Å²) in [5.74, 6) is -0.310. The van der Waals surface area contributed by atoms with E-state index in [-0.39, 0.29) is 11.7 Å². The molecule has 1 aromatic heterocycles. The van der Waals surface area contributed by atoms with Crippen LogP contribution in [0.25, 0.3) is 0 Å². The molecule has 1 amide bonds. The maximum absolute atomic E-state index is 12.9. The first-order valence-corrected chi connectivity index (χ1v) is 8.57. The zero-order chi connectivity index (χ0) is 17.6. The first-order valence-electron chi connectivity index (χ1n) is 8.20. The highest BCUT2D eigenvalue weighted by Crippen LogP contribution is 2.17. The zero-order valence-electron chi connectivity index (χ0n) is 13.8. The van der Waals surface area contributed by atoms with Crippen molar-refractivity contribution in [1.29, 1.82) is 0 Å². The Bertz CT molecular complexity index is 717. The molecule has 132 valence electrons. The molecule has 1 aliphatic heterocycles. The summed E-state index contributed by atoms with van der Waals surface area (Å²) in [5, 5.41) is 3.08. The third-order valence-corrected chi connectivity index (χ3v) is 4.49. The number of aromatic nitrogens is 1. The van der Waals surface area contributed by atoms with Gasteiger partial charge in [-0.05, 0) is 29.8 Å². The van der Waals surface area contributed by atoms with Crippen LogP contribution in [0.3, 0.4) is 0 Å². The molecule has 2 heterocycles. The second-order valence-electron chi connectivity index (χ2n) is 6.07. The van der Waals surface area contributed by atoms with Crippen molar-refractivity contribution in [3.8, 4) is 0 Å². The summed E-state index contributed by atoms with van der Waals surface area (Å²) in [6, 6.07) is 10.1. The molecule has 0 radical (unpaired) electrons. The first-order chi connectivity index (χ1) is 12.1. The van der Waals surface area contributed by atoms with Crippen molar-refractivity contribution in [2.45, 2.75) is 6.54 Å². The average Bonchev–Trinajstić information content (AvgIpc) is 2.61. The Balaban J connectivity index is 1.43. The Morgan fingerprint density at radius 1 is 1.12 bits per heavy atom. The molecule has 0 aliphatic carbocycles. The quantitative estimate of drug-likeness (QED) is 0.831. The zero-order valence-corrected chi connectivity index (χ0v) is 14.5. The van der Waals surface area contributed by atoms with Crippen LogP contribution < -0.4 is 5.32 Å². The van der Waals surface area contributed by atoms with Gasteiger partial charge in [0.15, 0.2) is 5.15 Å². The number of anilines is 1. The monoisotopic (exact) mass is 362 g/mol. The second-order valence-corrected chi connectivity index (χ2v) is 6.43. The maximum atomic E-state index is 12.9. The topological polar surface area (TPSA) is 48.5 Å². The van der Waals surface area contributed by atoms with E-state index in [2.05, 4.69) is 20.1 Å². The van der Waals surface area contributed by atoms with Gasteiger partial charge in [-0.2, -0.15) is 0 Å². The van der Waals surface area contributed by atoms with E-state index in [0.29, 0.717) is 17.4 Å². The van der Waals surface area contributed by atoms with Crippen LogP contribution in [-0.2, 0) is 11.3 Å². The van der Waals surface area contributed by atoms with Crippen molar-refractivity contribution in [1.82, 2.24) is 14.8 Å². The van der Waals surface area contributed by atoms with Crippen LogP contribution in [-0.4, -0.2) is 53.4 Å². The molecular formula is C18H20ClFN4O. The summed E-state index contributed by atoms with van der Waals surface area (Å²) in [7, 11) is 0. The molecule has 1 saturated heterocycles. The van der Waals surface area contributed by atoms with Gasteiger partial charge >= 0.3 is 0 Å². The predicted octanol–water partition coefficient (Wildman–Crippen LogP) is 2.63. The summed E-state index contributed by atoms with van der Waals surface area (Å²) in [6.45, 7) is 4.50. The highest BCUT2D eigenvalue weighted by molar-refractivity contribution is 6.32. The minimum atomic E-state index is -0.215. The van der Waals surface area contributed by atoms with Gasteiger partial charge < -0.3 is 5.32 Å². The van der Waals surface area contributed by atoms with Gasteiger partial charge in [0, 0.05) is 38.9 Å². The Hall–Kier alpha value is -2.02. The van der Waals surface area contributed by atoms with Crippen LogP contribution in [0.15, 0.2) is 42.6 Å². The summed E-state index contributed by atoms with van der Waals surface area (Å²) in [5.41, 5.74) is 1.63. The molecule has 0 spiro atoms. The van der Waals surface area contributed by atoms with E-state index in [0.717, 1.165) is 38.3 Å². The maximum Gasteiger partial charge on any atom is 0.238 e. The highest BCUT2D eigenvalue weighted by atomic mass is 35.5. The Labute approximate surface area is 151 Å². The third-order valence-electron chi connectivity index (χ3n) is 4.18. The summed E-state index contributed by atoms with van der Waals surface area (Å²) in [6.07, 6.45) is 1.58. The molecule has 1 aliphatic rings. The molecule has 1 N–H and O–H groups in total. The van der Waals surface area contributed by atoms with Gasteiger partial charge in [0.1, 0.15) is 5.82 Å². The molecular weight excluding hydrogens is 343 g/mol. The number of nitrogens with zero attached hydrogens (tertiary/aromatic N) is 3. The molecule has 1 aromatic carbocycles. The largest absolute Gasteiger partial charge is 0.322 e. The lowest BCUT2D eigenvalue weighted by Crippen LogP contribution is -2.48. The number of rotatable bonds is 5. The molecule has 3 rings (SSSR count). The van der Waals surface area contributed by atoms with E-state index in [1.165, 1.54) is 12.1 Å². The number of nitrogens with one attached hydrogen (secondary N) is 1. The highest BCUT2D eigenvalue weighted by Gasteiger charge is 2.19. The van der Waals surface area contributed by atoms with Gasteiger partial charge in [-0.3, -0.25) is 14.6 Å². The van der Waals surface area contributed by atoms with Gasteiger partial charge in [-0.15, -0.1) is 0 Å². The smallest absolute Gasteiger partial charge is 0.238 e. The molecule has 25 heavy (non-hydrogen) atoms. The third kappa shape index (κ3) is 5.22. The lowest BCUT2D eigenvalue weighted by molar-refractivity contribution is -0.117. The molecule has 0 saturated carbocycles. The normalized spacial score (nSPS) is 15.9. The van der Waals surface area contributed by atoms with Crippen molar-refractivity contribution in [3.05, 3.63) is 59.1 Å². The Kier molecular flexibility index (Phi) is 5.96. The Morgan fingerprint density at radius 2 is 1.80 bits per heavy atom. The van der Waals surface area contributed by atoms with E-state index < -0.39 is 0 Å². The van der Waals surface area contributed by atoms with Crippen molar-refractivity contribution >= 4 is 23.2 Å². The molecule has 7 heteroatoms. The van der Waals surface area contributed by atoms with Crippen molar-refractivity contribution < 1.29 is 9.18 Å². The van der Waals surface area contributed by atoms with Gasteiger partial charge in [-0.25, -0.2) is 9.37 Å². The van der Waals surface area contributed by atoms with Crippen molar-refractivity contribution in [2.24, 2.45) is 0 Å².